The number of hydrogen-bond donors (Lipinski definition) is 2. The first-order valence-corrected chi connectivity index (χ1v) is 7.75. The molecule has 0 spiro atoms. The minimum absolute atomic E-state index is 0.162. The van der Waals surface area contributed by atoms with Gasteiger partial charge in [-0.3, -0.25) is 20.4 Å². The van der Waals surface area contributed by atoms with Crippen molar-refractivity contribution in [1.29, 1.82) is 0 Å². The molecule has 0 aliphatic rings. The van der Waals surface area contributed by atoms with Crippen LogP contribution in [0.2, 0.25) is 0 Å². The average molecular weight is 382 g/mol. The van der Waals surface area contributed by atoms with E-state index < -0.39 is 24.3 Å². The van der Waals surface area contributed by atoms with Gasteiger partial charge in [0.15, 0.2) is 23.9 Å². The molecule has 0 heterocycles. The van der Waals surface area contributed by atoms with Crippen LogP contribution in [0.4, 0.5) is 18.9 Å². The van der Waals surface area contributed by atoms with Crippen molar-refractivity contribution in [2.45, 2.75) is 13.1 Å². The van der Waals surface area contributed by atoms with Gasteiger partial charge in [0.1, 0.15) is 0 Å². The molecule has 0 radical (unpaired) electrons. The van der Waals surface area contributed by atoms with Crippen LogP contribution in [-0.2, 0) is 11.0 Å². The van der Waals surface area contributed by atoms with E-state index in [0.717, 1.165) is 6.07 Å². The number of nitrogens with one attached hydrogen (secondary N) is 2. The number of ether oxygens (including phenoxy) is 2. The fraction of sp³-hybridized carbons (Fsp3) is 0.222. The number of methoxy groups -OCH3 is 1. The van der Waals surface area contributed by atoms with Crippen molar-refractivity contribution >= 4 is 17.4 Å². The predicted octanol–water partition coefficient (Wildman–Crippen LogP) is 3.44. The minimum atomic E-state index is -4.56. The van der Waals surface area contributed by atoms with Crippen LogP contribution < -0.4 is 20.3 Å². The highest BCUT2D eigenvalue weighted by Crippen LogP contribution is 2.34. The zero-order chi connectivity index (χ0) is 20.0. The lowest BCUT2D eigenvalue weighted by atomic mass is 10.1. The number of ketones is 1. The van der Waals surface area contributed by atoms with E-state index in [4.69, 9.17) is 9.47 Å². The summed E-state index contributed by atoms with van der Waals surface area (Å²) >= 11 is 0. The van der Waals surface area contributed by atoms with Crippen molar-refractivity contribution < 1.29 is 32.2 Å². The van der Waals surface area contributed by atoms with Gasteiger partial charge in [-0.25, -0.2) is 0 Å². The second kappa shape index (κ2) is 8.43. The molecule has 0 aliphatic heterocycles. The number of amides is 1. The molecule has 2 rings (SSSR count). The van der Waals surface area contributed by atoms with Gasteiger partial charge in [0, 0.05) is 5.56 Å². The first kappa shape index (κ1) is 20.1. The third-order valence-electron chi connectivity index (χ3n) is 3.50. The van der Waals surface area contributed by atoms with Gasteiger partial charge in [0.05, 0.1) is 18.4 Å². The number of carbonyl (C=O) groups is 2. The maximum atomic E-state index is 12.9. The fourth-order valence-electron chi connectivity index (χ4n) is 2.16. The van der Waals surface area contributed by atoms with Gasteiger partial charge >= 0.3 is 6.18 Å². The Kier molecular flexibility index (Phi) is 6.27. The van der Waals surface area contributed by atoms with Crippen LogP contribution in [0.15, 0.2) is 42.5 Å². The van der Waals surface area contributed by atoms with E-state index in [1.807, 2.05) is 0 Å². The number of para-hydroxylation sites is 1. The number of Topliss-reactive ketones (excluding diaryl/α,β-unsaturated/α-hetero) is 1. The summed E-state index contributed by atoms with van der Waals surface area (Å²) < 4.78 is 49.1. The van der Waals surface area contributed by atoms with E-state index in [0.29, 0.717) is 5.56 Å². The Bertz CT molecular complexity index is 838. The molecule has 2 aromatic rings. The summed E-state index contributed by atoms with van der Waals surface area (Å²) in [5, 5.41) is 0. The summed E-state index contributed by atoms with van der Waals surface area (Å²) in [6.07, 6.45) is -4.56. The first-order chi connectivity index (χ1) is 12.7. The maximum absolute atomic E-state index is 12.9. The van der Waals surface area contributed by atoms with E-state index in [2.05, 4.69) is 10.9 Å². The highest BCUT2D eigenvalue weighted by Gasteiger charge is 2.33. The molecule has 0 saturated heterocycles. The molecule has 1 amide bonds. The first-order valence-electron chi connectivity index (χ1n) is 7.75. The monoisotopic (exact) mass is 382 g/mol. The average Bonchev–Trinajstić information content (AvgIpc) is 2.63. The molecule has 27 heavy (non-hydrogen) atoms. The Morgan fingerprint density at radius 2 is 1.78 bits per heavy atom. The second-order valence-electron chi connectivity index (χ2n) is 5.43. The van der Waals surface area contributed by atoms with Crippen LogP contribution in [0.3, 0.4) is 0 Å². The standard InChI is InChI=1S/C18H17F3N2O4/c1-11(24)12-7-8-15(16(9-12)26-2)27-10-17(25)23-22-14-6-4-3-5-13(14)18(19,20)21/h3-9,22H,10H2,1-2H3,(H,23,25). The van der Waals surface area contributed by atoms with Crippen LogP contribution in [-0.4, -0.2) is 25.4 Å². The number of hydrazine groups is 1. The minimum Gasteiger partial charge on any atom is -0.493 e. The number of anilines is 1. The van der Waals surface area contributed by atoms with Crippen LogP contribution in [0.1, 0.15) is 22.8 Å². The molecule has 0 unspecified atom stereocenters. The third-order valence-corrected chi connectivity index (χ3v) is 3.50. The Hall–Kier alpha value is -3.23. The van der Waals surface area contributed by atoms with Gasteiger partial charge in [0.25, 0.3) is 5.91 Å². The van der Waals surface area contributed by atoms with Gasteiger partial charge < -0.3 is 9.47 Å². The van der Waals surface area contributed by atoms with Crippen molar-refractivity contribution in [3.05, 3.63) is 53.6 Å². The van der Waals surface area contributed by atoms with E-state index in [9.17, 15) is 22.8 Å². The molecule has 0 aliphatic carbocycles. The highest BCUT2D eigenvalue weighted by molar-refractivity contribution is 5.94. The Morgan fingerprint density at radius 1 is 1.07 bits per heavy atom. The summed E-state index contributed by atoms with van der Waals surface area (Å²) in [7, 11) is 1.38. The zero-order valence-electron chi connectivity index (χ0n) is 14.5. The summed E-state index contributed by atoms with van der Waals surface area (Å²) in [6.45, 7) is 0.921. The molecule has 2 aromatic carbocycles. The van der Waals surface area contributed by atoms with Crippen LogP contribution in [0.25, 0.3) is 0 Å². The topological polar surface area (TPSA) is 76.7 Å². The fourth-order valence-corrected chi connectivity index (χ4v) is 2.16. The molecule has 6 nitrogen and oxygen atoms in total. The van der Waals surface area contributed by atoms with Gasteiger partial charge in [-0.15, -0.1) is 0 Å². The molecule has 144 valence electrons. The van der Waals surface area contributed by atoms with E-state index in [-0.39, 0.29) is 23.0 Å². The number of halogens is 3. The van der Waals surface area contributed by atoms with E-state index in [1.54, 1.807) is 0 Å². The Labute approximate surface area is 153 Å². The van der Waals surface area contributed by atoms with Crippen LogP contribution in [0, 0.1) is 0 Å². The number of benzene rings is 2. The molecule has 0 atom stereocenters. The zero-order valence-corrected chi connectivity index (χ0v) is 14.5. The number of hydrogen-bond acceptors (Lipinski definition) is 5. The van der Waals surface area contributed by atoms with Crippen molar-refractivity contribution in [1.82, 2.24) is 5.43 Å². The van der Waals surface area contributed by atoms with Crippen LogP contribution in [0.5, 0.6) is 11.5 Å². The highest BCUT2D eigenvalue weighted by atomic mass is 19.4. The number of alkyl halides is 3. The van der Waals surface area contributed by atoms with Crippen molar-refractivity contribution in [3.63, 3.8) is 0 Å². The molecule has 0 bridgehead atoms. The van der Waals surface area contributed by atoms with Crippen molar-refractivity contribution in [3.8, 4) is 11.5 Å². The lowest BCUT2D eigenvalue weighted by molar-refractivity contribution is -0.137. The van der Waals surface area contributed by atoms with Crippen LogP contribution >= 0.6 is 0 Å². The summed E-state index contributed by atoms with van der Waals surface area (Å²) in [4.78, 5) is 23.2. The number of rotatable bonds is 7. The van der Waals surface area contributed by atoms with E-state index in [1.165, 1.54) is 50.4 Å². The predicted molar refractivity (Wildman–Crippen MR) is 91.7 cm³/mol. The molecule has 0 saturated carbocycles. The van der Waals surface area contributed by atoms with Gasteiger partial charge in [0.2, 0.25) is 0 Å². The quantitative estimate of drug-likeness (QED) is 0.567. The Morgan fingerprint density at radius 3 is 2.41 bits per heavy atom. The Balaban J connectivity index is 1.97. The van der Waals surface area contributed by atoms with E-state index >= 15 is 0 Å². The van der Waals surface area contributed by atoms with Crippen molar-refractivity contribution in [2.24, 2.45) is 0 Å². The largest absolute Gasteiger partial charge is 0.493 e. The third kappa shape index (κ3) is 5.37. The number of carbonyl (C=O) groups excluding carboxylic acids is 2. The second-order valence-corrected chi connectivity index (χ2v) is 5.43. The van der Waals surface area contributed by atoms with Crippen molar-refractivity contribution in [2.75, 3.05) is 19.1 Å². The summed E-state index contributed by atoms with van der Waals surface area (Å²) in [5.41, 5.74) is 3.58. The molecule has 0 fully saturated rings. The molecule has 2 N–H and O–H groups in total. The smallest absolute Gasteiger partial charge is 0.418 e. The lowest BCUT2D eigenvalue weighted by Gasteiger charge is -2.15. The molecule has 9 heteroatoms. The molecule has 0 aromatic heterocycles. The maximum Gasteiger partial charge on any atom is 0.418 e. The summed E-state index contributed by atoms with van der Waals surface area (Å²) in [6, 6.07) is 9.18. The van der Waals surface area contributed by atoms with Gasteiger partial charge in [-0.05, 0) is 37.3 Å². The molecular weight excluding hydrogens is 365 g/mol. The normalized spacial score (nSPS) is 10.9. The van der Waals surface area contributed by atoms with Gasteiger partial charge in [-0.2, -0.15) is 13.2 Å². The summed E-state index contributed by atoms with van der Waals surface area (Å²) in [5.74, 6) is -0.394. The lowest BCUT2D eigenvalue weighted by Crippen LogP contribution is -2.34. The molecular formula is C18H17F3N2O4. The van der Waals surface area contributed by atoms with Gasteiger partial charge in [-0.1, -0.05) is 12.1 Å². The SMILES string of the molecule is COc1cc(C(C)=O)ccc1OCC(=O)NNc1ccccc1C(F)(F)F.